The molecular formula is C14H19NO2. The Bertz CT molecular complexity index is 415. The first-order chi connectivity index (χ1) is 8.15. The molecule has 0 unspecified atom stereocenters. The lowest BCUT2D eigenvalue weighted by atomic mass is 9.96. The number of carboxylic acids is 1. The molecule has 92 valence electrons. The molecule has 1 aromatic carbocycles. The van der Waals surface area contributed by atoms with Gasteiger partial charge in [0.2, 0.25) is 0 Å². The second-order valence-corrected chi connectivity index (χ2v) is 4.84. The third-order valence-electron chi connectivity index (χ3n) is 3.33. The number of nitrogens with zero attached hydrogens (tertiary/aromatic N) is 1. The van der Waals surface area contributed by atoms with Gasteiger partial charge in [-0.2, -0.15) is 0 Å². The average molecular weight is 233 g/mol. The number of hydrogen-bond acceptors (Lipinski definition) is 2. The zero-order valence-corrected chi connectivity index (χ0v) is 10.3. The van der Waals surface area contributed by atoms with Crippen LogP contribution in [0.2, 0.25) is 0 Å². The zero-order chi connectivity index (χ0) is 12.3. The lowest BCUT2D eigenvalue weighted by molar-refractivity contribution is -0.137. The van der Waals surface area contributed by atoms with Crippen molar-refractivity contribution in [2.45, 2.75) is 32.2 Å². The number of carboxylic acid groups (broad SMARTS) is 1. The fourth-order valence-electron chi connectivity index (χ4n) is 2.35. The van der Waals surface area contributed by atoms with Gasteiger partial charge in [0.25, 0.3) is 0 Å². The van der Waals surface area contributed by atoms with E-state index in [-0.39, 0.29) is 6.42 Å². The molecule has 3 heteroatoms. The van der Waals surface area contributed by atoms with Crippen LogP contribution < -0.4 is 0 Å². The van der Waals surface area contributed by atoms with Crippen LogP contribution in [0.25, 0.3) is 0 Å². The molecule has 1 N–H and O–H groups in total. The van der Waals surface area contributed by atoms with E-state index in [0.29, 0.717) is 0 Å². The fraction of sp³-hybridized carbons (Fsp3) is 0.500. The quantitative estimate of drug-likeness (QED) is 0.865. The van der Waals surface area contributed by atoms with E-state index in [9.17, 15) is 4.79 Å². The van der Waals surface area contributed by atoms with Crippen LogP contribution in [-0.2, 0) is 24.2 Å². The van der Waals surface area contributed by atoms with Gasteiger partial charge in [-0.1, -0.05) is 18.2 Å². The van der Waals surface area contributed by atoms with E-state index < -0.39 is 5.97 Å². The number of carbonyl (C=O) groups is 1. The maximum atomic E-state index is 10.5. The molecule has 0 fully saturated rings. The molecule has 0 saturated carbocycles. The van der Waals surface area contributed by atoms with Crippen LogP contribution in [0.3, 0.4) is 0 Å². The summed E-state index contributed by atoms with van der Waals surface area (Å²) in [5, 5.41) is 8.61. The number of aryl methyl sites for hydroxylation is 1. The van der Waals surface area contributed by atoms with E-state index >= 15 is 0 Å². The van der Waals surface area contributed by atoms with Gasteiger partial charge in [-0.05, 0) is 43.0 Å². The SMILES string of the molecule is CN1CCc2cc(CCCC(=O)O)ccc2C1. The summed E-state index contributed by atoms with van der Waals surface area (Å²) in [5.74, 6) is -0.704. The first-order valence-electron chi connectivity index (χ1n) is 6.16. The molecule has 0 bridgehead atoms. The van der Waals surface area contributed by atoms with Gasteiger partial charge >= 0.3 is 5.97 Å². The highest BCUT2D eigenvalue weighted by Gasteiger charge is 2.13. The van der Waals surface area contributed by atoms with Crippen molar-refractivity contribution >= 4 is 5.97 Å². The van der Waals surface area contributed by atoms with Crippen LogP contribution in [0.5, 0.6) is 0 Å². The standard InChI is InChI=1S/C14H19NO2/c1-15-8-7-12-9-11(3-2-4-14(16)17)5-6-13(12)10-15/h5-6,9H,2-4,7-8,10H2,1H3,(H,16,17). The maximum Gasteiger partial charge on any atom is 0.303 e. The molecule has 2 rings (SSSR count). The number of benzene rings is 1. The van der Waals surface area contributed by atoms with Crippen molar-refractivity contribution in [1.29, 1.82) is 0 Å². The van der Waals surface area contributed by atoms with Crippen molar-refractivity contribution in [3.05, 3.63) is 34.9 Å². The van der Waals surface area contributed by atoms with Crippen molar-refractivity contribution in [1.82, 2.24) is 4.90 Å². The molecule has 1 heterocycles. The molecule has 0 atom stereocenters. The van der Waals surface area contributed by atoms with Crippen molar-refractivity contribution in [3.8, 4) is 0 Å². The van der Waals surface area contributed by atoms with Gasteiger partial charge in [0.1, 0.15) is 0 Å². The Balaban J connectivity index is 1.99. The average Bonchev–Trinajstić information content (AvgIpc) is 2.29. The number of fused-ring (bicyclic) bond motifs is 1. The van der Waals surface area contributed by atoms with E-state index in [4.69, 9.17) is 5.11 Å². The molecule has 1 aliphatic rings. The smallest absolute Gasteiger partial charge is 0.303 e. The minimum Gasteiger partial charge on any atom is -0.481 e. The Kier molecular flexibility index (Phi) is 3.79. The van der Waals surface area contributed by atoms with E-state index in [1.54, 1.807) is 0 Å². The van der Waals surface area contributed by atoms with Crippen LogP contribution in [0.1, 0.15) is 29.5 Å². The van der Waals surface area contributed by atoms with Crippen LogP contribution in [-0.4, -0.2) is 29.6 Å². The molecule has 0 radical (unpaired) electrons. The first kappa shape index (κ1) is 12.1. The van der Waals surface area contributed by atoms with Crippen LogP contribution in [0, 0.1) is 0 Å². The zero-order valence-electron chi connectivity index (χ0n) is 10.3. The monoisotopic (exact) mass is 233 g/mol. The minimum atomic E-state index is -0.704. The third kappa shape index (κ3) is 3.30. The van der Waals surface area contributed by atoms with Crippen molar-refractivity contribution in [3.63, 3.8) is 0 Å². The molecule has 17 heavy (non-hydrogen) atoms. The van der Waals surface area contributed by atoms with E-state index in [1.165, 1.54) is 16.7 Å². The molecular weight excluding hydrogens is 214 g/mol. The molecule has 0 aromatic heterocycles. The summed E-state index contributed by atoms with van der Waals surface area (Å²) < 4.78 is 0. The number of rotatable bonds is 4. The predicted octanol–water partition coefficient (Wildman–Crippen LogP) is 2.08. The van der Waals surface area contributed by atoms with Gasteiger partial charge < -0.3 is 10.0 Å². The second kappa shape index (κ2) is 5.32. The highest BCUT2D eigenvalue weighted by molar-refractivity contribution is 5.66. The van der Waals surface area contributed by atoms with E-state index in [0.717, 1.165) is 32.4 Å². The van der Waals surface area contributed by atoms with Crippen molar-refractivity contribution in [2.24, 2.45) is 0 Å². The van der Waals surface area contributed by atoms with Crippen LogP contribution in [0.4, 0.5) is 0 Å². The van der Waals surface area contributed by atoms with E-state index in [1.807, 2.05) is 0 Å². The van der Waals surface area contributed by atoms with Gasteiger partial charge in [-0.3, -0.25) is 4.79 Å². The summed E-state index contributed by atoms with van der Waals surface area (Å²) in [5.41, 5.74) is 4.13. The maximum absolute atomic E-state index is 10.5. The summed E-state index contributed by atoms with van der Waals surface area (Å²) in [4.78, 5) is 12.8. The number of likely N-dealkylation sites (N-methyl/N-ethyl adjacent to an activating group) is 1. The van der Waals surface area contributed by atoms with Gasteiger partial charge in [-0.15, -0.1) is 0 Å². The first-order valence-corrected chi connectivity index (χ1v) is 6.16. The van der Waals surface area contributed by atoms with E-state index in [2.05, 4.69) is 30.1 Å². The molecule has 1 aliphatic heterocycles. The Morgan fingerprint density at radius 2 is 2.24 bits per heavy atom. The largest absolute Gasteiger partial charge is 0.481 e. The van der Waals surface area contributed by atoms with Crippen LogP contribution in [0.15, 0.2) is 18.2 Å². The molecule has 0 amide bonds. The Morgan fingerprint density at radius 3 is 3.00 bits per heavy atom. The number of aliphatic carboxylic acids is 1. The highest BCUT2D eigenvalue weighted by atomic mass is 16.4. The molecule has 0 aliphatic carbocycles. The van der Waals surface area contributed by atoms with Crippen LogP contribution >= 0.6 is 0 Å². The van der Waals surface area contributed by atoms with Gasteiger partial charge in [-0.25, -0.2) is 0 Å². The summed E-state index contributed by atoms with van der Waals surface area (Å²) in [6.07, 6.45) is 2.97. The summed E-state index contributed by atoms with van der Waals surface area (Å²) in [7, 11) is 2.14. The topological polar surface area (TPSA) is 40.5 Å². The molecule has 1 aromatic rings. The molecule has 0 spiro atoms. The van der Waals surface area contributed by atoms with Crippen molar-refractivity contribution in [2.75, 3.05) is 13.6 Å². The summed E-state index contributed by atoms with van der Waals surface area (Å²) in [6, 6.07) is 6.59. The second-order valence-electron chi connectivity index (χ2n) is 4.84. The lowest BCUT2D eigenvalue weighted by Crippen LogP contribution is -2.26. The Morgan fingerprint density at radius 1 is 1.41 bits per heavy atom. The highest BCUT2D eigenvalue weighted by Crippen LogP contribution is 2.20. The lowest BCUT2D eigenvalue weighted by Gasteiger charge is -2.25. The van der Waals surface area contributed by atoms with Crippen molar-refractivity contribution < 1.29 is 9.90 Å². The third-order valence-corrected chi connectivity index (χ3v) is 3.33. The summed E-state index contributed by atoms with van der Waals surface area (Å²) >= 11 is 0. The fourth-order valence-corrected chi connectivity index (χ4v) is 2.35. The predicted molar refractivity (Wildman–Crippen MR) is 67.1 cm³/mol. The van der Waals surface area contributed by atoms with Gasteiger partial charge in [0.15, 0.2) is 0 Å². The van der Waals surface area contributed by atoms with Gasteiger partial charge in [0, 0.05) is 19.5 Å². The van der Waals surface area contributed by atoms with Gasteiger partial charge in [0.05, 0.1) is 0 Å². The minimum absolute atomic E-state index is 0.264. The Hall–Kier alpha value is -1.35. The summed E-state index contributed by atoms with van der Waals surface area (Å²) in [6.45, 7) is 2.15. The molecule has 3 nitrogen and oxygen atoms in total. The normalized spacial score (nSPS) is 15.6. The number of hydrogen-bond donors (Lipinski definition) is 1. The Labute approximate surface area is 102 Å². The molecule has 0 saturated heterocycles.